The third-order valence-electron chi connectivity index (χ3n) is 4.34. The van der Waals surface area contributed by atoms with E-state index in [1.54, 1.807) is 6.92 Å². The Kier molecular flexibility index (Phi) is 7.99. The lowest BCUT2D eigenvalue weighted by atomic mass is 9.98. The quantitative estimate of drug-likeness (QED) is 0.639. The van der Waals surface area contributed by atoms with Crippen molar-refractivity contribution in [1.29, 1.82) is 0 Å². The highest BCUT2D eigenvalue weighted by molar-refractivity contribution is 7.89. The van der Waals surface area contributed by atoms with Crippen molar-refractivity contribution in [2.45, 2.75) is 56.4 Å². The van der Waals surface area contributed by atoms with Crippen LogP contribution in [0.4, 0.5) is 4.39 Å². The van der Waals surface area contributed by atoms with Crippen LogP contribution in [0, 0.1) is 5.82 Å². The van der Waals surface area contributed by atoms with Crippen molar-refractivity contribution in [2.24, 2.45) is 0 Å². The first-order chi connectivity index (χ1) is 12.4. The van der Waals surface area contributed by atoms with Crippen LogP contribution in [0.25, 0.3) is 0 Å². The van der Waals surface area contributed by atoms with E-state index in [1.165, 1.54) is 19.3 Å². The second-order valence-electron chi connectivity index (χ2n) is 6.38. The van der Waals surface area contributed by atoms with Gasteiger partial charge in [0.05, 0.1) is 16.6 Å². The van der Waals surface area contributed by atoms with Gasteiger partial charge in [-0.05, 0) is 37.5 Å². The number of hydrogen-bond donors (Lipinski definition) is 2. The zero-order chi connectivity index (χ0) is 19.0. The maximum absolute atomic E-state index is 13.9. The third-order valence-corrected chi connectivity index (χ3v) is 5.88. The van der Waals surface area contributed by atoms with E-state index in [2.05, 4.69) is 10.0 Å². The van der Waals surface area contributed by atoms with Crippen LogP contribution in [0.1, 0.15) is 55.8 Å². The molecule has 2 N–H and O–H groups in total. The molecule has 0 bridgehead atoms. The van der Waals surface area contributed by atoms with Gasteiger partial charge >= 0.3 is 0 Å². The van der Waals surface area contributed by atoms with Crippen molar-refractivity contribution < 1.29 is 22.3 Å². The third kappa shape index (κ3) is 6.03. The molecule has 0 atom stereocenters. The van der Waals surface area contributed by atoms with Crippen LogP contribution in [0.5, 0.6) is 0 Å². The van der Waals surface area contributed by atoms with Crippen LogP contribution in [-0.2, 0) is 14.8 Å². The van der Waals surface area contributed by atoms with E-state index < -0.39 is 21.7 Å². The number of benzene rings is 1. The molecule has 1 saturated carbocycles. The first-order valence-electron chi connectivity index (χ1n) is 9.13. The molecule has 0 heterocycles. The summed E-state index contributed by atoms with van der Waals surface area (Å²) in [6.07, 6.45) is 6.78. The Morgan fingerprint density at radius 3 is 2.69 bits per heavy atom. The van der Waals surface area contributed by atoms with Gasteiger partial charge in [0, 0.05) is 19.7 Å². The second kappa shape index (κ2) is 9.99. The van der Waals surface area contributed by atoms with Crippen molar-refractivity contribution in [3.05, 3.63) is 29.6 Å². The minimum atomic E-state index is -3.74. The molecule has 1 aliphatic rings. The van der Waals surface area contributed by atoms with Gasteiger partial charge in [0.2, 0.25) is 10.0 Å². The first kappa shape index (κ1) is 20.8. The molecule has 1 aromatic carbocycles. The second-order valence-corrected chi connectivity index (χ2v) is 8.15. The summed E-state index contributed by atoms with van der Waals surface area (Å²) in [5.41, 5.74) is -0.280. The number of ether oxygens (including phenoxy) is 1. The van der Waals surface area contributed by atoms with Gasteiger partial charge in [-0.3, -0.25) is 4.79 Å². The standard InChI is InChI=1S/C18H27FN2O4S/c1-2-21-26(23,24)15-9-10-17(19)16(13-15)18(22)20-11-6-12-25-14-7-4-3-5-8-14/h9-10,13-14,21H,2-8,11-12H2,1H3,(H,20,22). The average Bonchev–Trinajstić information content (AvgIpc) is 2.62. The van der Waals surface area contributed by atoms with Gasteiger partial charge in [0.15, 0.2) is 0 Å². The molecule has 0 radical (unpaired) electrons. The molecule has 1 amide bonds. The minimum Gasteiger partial charge on any atom is -0.378 e. The first-order valence-corrected chi connectivity index (χ1v) is 10.6. The van der Waals surface area contributed by atoms with Gasteiger partial charge < -0.3 is 10.1 Å². The monoisotopic (exact) mass is 386 g/mol. The van der Waals surface area contributed by atoms with Crippen molar-refractivity contribution in [3.63, 3.8) is 0 Å². The fraction of sp³-hybridized carbons (Fsp3) is 0.611. The van der Waals surface area contributed by atoms with Gasteiger partial charge in [-0.2, -0.15) is 0 Å². The van der Waals surface area contributed by atoms with Gasteiger partial charge in [0.25, 0.3) is 5.91 Å². The summed E-state index contributed by atoms with van der Waals surface area (Å²) in [5, 5.41) is 2.61. The SMILES string of the molecule is CCNS(=O)(=O)c1ccc(F)c(C(=O)NCCCOC2CCCCC2)c1. The Balaban J connectivity index is 1.84. The highest BCUT2D eigenvalue weighted by Crippen LogP contribution is 2.20. The summed E-state index contributed by atoms with van der Waals surface area (Å²) >= 11 is 0. The fourth-order valence-corrected chi connectivity index (χ4v) is 4.04. The van der Waals surface area contributed by atoms with E-state index in [4.69, 9.17) is 4.74 Å². The summed E-state index contributed by atoms with van der Waals surface area (Å²) in [6, 6.07) is 3.19. The lowest BCUT2D eigenvalue weighted by Gasteiger charge is -2.21. The van der Waals surface area contributed by atoms with Crippen molar-refractivity contribution in [1.82, 2.24) is 10.0 Å². The molecule has 1 aliphatic carbocycles. The maximum atomic E-state index is 13.9. The van der Waals surface area contributed by atoms with Gasteiger partial charge in [-0.25, -0.2) is 17.5 Å². The van der Waals surface area contributed by atoms with Gasteiger partial charge in [-0.1, -0.05) is 26.2 Å². The fourth-order valence-electron chi connectivity index (χ4n) is 2.97. The van der Waals surface area contributed by atoms with E-state index >= 15 is 0 Å². The number of carbonyl (C=O) groups is 1. The highest BCUT2D eigenvalue weighted by atomic mass is 32.2. The van der Waals surface area contributed by atoms with Gasteiger partial charge in [-0.15, -0.1) is 0 Å². The Morgan fingerprint density at radius 1 is 1.27 bits per heavy atom. The normalized spacial score (nSPS) is 15.8. The molecule has 2 rings (SSSR count). The maximum Gasteiger partial charge on any atom is 0.254 e. The summed E-state index contributed by atoms with van der Waals surface area (Å²) in [7, 11) is -3.74. The summed E-state index contributed by atoms with van der Waals surface area (Å²) < 4.78 is 46.0. The topological polar surface area (TPSA) is 84.5 Å². The average molecular weight is 386 g/mol. The number of halogens is 1. The van der Waals surface area contributed by atoms with Crippen LogP contribution >= 0.6 is 0 Å². The molecule has 26 heavy (non-hydrogen) atoms. The van der Waals surface area contributed by atoms with Gasteiger partial charge in [0.1, 0.15) is 5.82 Å². The largest absolute Gasteiger partial charge is 0.378 e. The van der Waals surface area contributed by atoms with Crippen LogP contribution in [0.2, 0.25) is 0 Å². The van der Waals surface area contributed by atoms with E-state index in [0.717, 1.165) is 31.0 Å². The predicted octanol–water partition coefficient (Wildman–Crippen LogP) is 2.59. The zero-order valence-electron chi connectivity index (χ0n) is 15.1. The molecule has 0 saturated heterocycles. The molecule has 1 fully saturated rings. The Morgan fingerprint density at radius 2 is 2.00 bits per heavy atom. The molecule has 1 aromatic rings. The van der Waals surface area contributed by atoms with E-state index in [0.29, 0.717) is 25.7 Å². The van der Waals surface area contributed by atoms with Crippen LogP contribution < -0.4 is 10.0 Å². The number of rotatable bonds is 9. The molecule has 146 valence electrons. The van der Waals surface area contributed by atoms with E-state index in [-0.39, 0.29) is 17.0 Å². The summed E-state index contributed by atoms with van der Waals surface area (Å²) in [4.78, 5) is 12.0. The van der Waals surface area contributed by atoms with Crippen LogP contribution in [-0.4, -0.2) is 40.1 Å². The molecule has 0 aromatic heterocycles. The smallest absolute Gasteiger partial charge is 0.254 e. The van der Waals surface area contributed by atoms with Crippen molar-refractivity contribution in [2.75, 3.05) is 19.7 Å². The molecule has 0 aliphatic heterocycles. The number of amides is 1. The van der Waals surface area contributed by atoms with Crippen LogP contribution in [0.3, 0.4) is 0 Å². The summed E-state index contributed by atoms with van der Waals surface area (Å²) in [6.45, 7) is 2.74. The van der Waals surface area contributed by atoms with Crippen LogP contribution in [0.15, 0.2) is 23.1 Å². The molecular weight excluding hydrogens is 359 g/mol. The van der Waals surface area contributed by atoms with E-state index in [1.807, 2.05) is 0 Å². The number of hydrogen-bond acceptors (Lipinski definition) is 4. The Hall–Kier alpha value is -1.51. The number of sulfonamides is 1. The highest BCUT2D eigenvalue weighted by Gasteiger charge is 2.19. The van der Waals surface area contributed by atoms with Crippen molar-refractivity contribution in [3.8, 4) is 0 Å². The molecule has 8 heteroatoms. The van der Waals surface area contributed by atoms with E-state index in [9.17, 15) is 17.6 Å². The summed E-state index contributed by atoms with van der Waals surface area (Å²) in [5.74, 6) is -1.38. The van der Waals surface area contributed by atoms with Crippen molar-refractivity contribution >= 4 is 15.9 Å². The molecule has 0 unspecified atom stereocenters. The molecular formula is C18H27FN2O4S. The zero-order valence-corrected chi connectivity index (χ0v) is 15.9. The minimum absolute atomic E-state index is 0.133. The number of nitrogens with one attached hydrogen (secondary N) is 2. The Labute approximate surface area is 154 Å². The number of carbonyl (C=O) groups excluding carboxylic acids is 1. The molecule has 0 spiro atoms. The Bertz CT molecular complexity index is 703. The molecule has 6 nitrogen and oxygen atoms in total. The lowest BCUT2D eigenvalue weighted by molar-refractivity contribution is 0.0273. The lowest BCUT2D eigenvalue weighted by Crippen LogP contribution is -2.28. The predicted molar refractivity (Wildman–Crippen MR) is 97.0 cm³/mol.